The average molecular weight is 464 g/mol. The molecule has 31 heavy (non-hydrogen) atoms. The molecule has 2 N–H and O–H groups in total. The van der Waals surface area contributed by atoms with Crippen molar-refractivity contribution in [2.45, 2.75) is 44.5 Å². The Balaban J connectivity index is 0.000000288. The van der Waals surface area contributed by atoms with Crippen LogP contribution in [0.3, 0.4) is 0 Å². The molecule has 182 valence electrons. The van der Waals surface area contributed by atoms with Gasteiger partial charge < -0.3 is 20.0 Å². The molecule has 0 aromatic rings. The quantitative estimate of drug-likeness (QED) is 0.620. The van der Waals surface area contributed by atoms with E-state index in [1.807, 2.05) is 0 Å². The highest BCUT2D eigenvalue weighted by atomic mass is 19.4. The summed E-state index contributed by atoms with van der Waals surface area (Å²) in [5.74, 6) is -1.41. The Morgan fingerprint density at radius 1 is 0.903 bits per heavy atom. The highest BCUT2D eigenvalue weighted by Crippen LogP contribution is 2.41. The molecular formula is C19H30F6N2O4. The lowest BCUT2D eigenvalue weighted by Crippen LogP contribution is -2.34. The van der Waals surface area contributed by atoms with Gasteiger partial charge in [-0.25, -0.2) is 9.59 Å². The zero-order valence-electron chi connectivity index (χ0n) is 17.5. The van der Waals surface area contributed by atoms with Gasteiger partial charge in [0.05, 0.1) is 0 Å². The lowest BCUT2D eigenvalue weighted by Gasteiger charge is -2.34. The minimum Gasteiger partial charge on any atom is -0.475 e. The molecule has 0 radical (unpaired) electrons. The van der Waals surface area contributed by atoms with Crippen LogP contribution in [0.25, 0.3) is 0 Å². The third kappa shape index (κ3) is 10.5. The Hall–Kier alpha value is -1.56. The minimum atomic E-state index is -5.08. The van der Waals surface area contributed by atoms with E-state index in [2.05, 4.69) is 23.9 Å². The van der Waals surface area contributed by atoms with Crippen LogP contribution in [0.2, 0.25) is 0 Å². The van der Waals surface area contributed by atoms with Crippen LogP contribution in [-0.4, -0.2) is 84.6 Å². The molecule has 2 saturated carbocycles. The third-order valence-electron chi connectivity index (χ3n) is 5.62. The van der Waals surface area contributed by atoms with Gasteiger partial charge in [-0.2, -0.15) is 26.3 Å². The maximum Gasteiger partial charge on any atom is 0.490 e. The van der Waals surface area contributed by atoms with Gasteiger partial charge in [0.15, 0.2) is 0 Å². The van der Waals surface area contributed by atoms with Crippen molar-refractivity contribution < 1.29 is 46.1 Å². The number of hydrogen-bond donors (Lipinski definition) is 2. The number of carboxylic acids is 2. The van der Waals surface area contributed by atoms with E-state index in [0.717, 1.165) is 23.7 Å². The van der Waals surface area contributed by atoms with Crippen molar-refractivity contribution in [1.82, 2.24) is 9.80 Å². The van der Waals surface area contributed by atoms with Gasteiger partial charge in [-0.15, -0.1) is 0 Å². The average Bonchev–Trinajstić information content (AvgIpc) is 3.30. The normalized spacial score (nSPS) is 26.3. The van der Waals surface area contributed by atoms with E-state index in [0.29, 0.717) is 0 Å². The molecule has 6 nitrogen and oxygen atoms in total. The molecule has 0 aromatic carbocycles. The van der Waals surface area contributed by atoms with Crippen molar-refractivity contribution in [3.8, 4) is 0 Å². The lowest BCUT2D eigenvalue weighted by molar-refractivity contribution is -0.193. The van der Waals surface area contributed by atoms with Crippen molar-refractivity contribution in [3.63, 3.8) is 0 Å². The fourth-order valence-electron chi connectivity index (χ4n) is 4.19. The molecule has 3 atom stereocenters. The Morgan fingerprint density at radius 2 is 1.39 bits per heavy atom. The van der Waals surface area contributed by atoms with E-state index in [-0.39, 0.29) is 0 Å². The Morgan fingerprint density at radius 3 is 1.77 bits per heavy atom. The number of carboxylic acid groups (broad SMARTS) is 2. The Bertz CT molecular complexity index is 569. The first-order valence-corrected chi connectivity index (χ1v) is 10.1. The molecule has 2 aliphatic carbocycles. The number of likely N-dealkylation sites (tertiary alicyclic amines) is 1. The molecule has 0 bridgehead atoms. The fraction of sp³-hybridized carbons (Fsp3) is 0.895. The van der Waals surface area contributed by atoms with Crippen LogP contribution >= 0.6 is 0 Å². The first-order chi connectivity index (χ1) is 14.1. The lowest BCUT2D eigenvalue weighted by atomic mass is 9.74. The van der Waals surface area contributed by atoms with Gasteiger partial charge in [0.2, 0.25) is 0 Å². The van der Waals surface area contributed by atoms with Gasteiger partial charge in [-0.1, -0.05) is 6.42 Å². The largest absolute Gasteiger partial charge is 0.490 e. The summed E-state index contributed by atoms with van der Waals surface area (Å²) in [6.45, 7) is 5.57. The number of nitrogens with zero attached hydrogens (tertiary/aromatic N) is 2. The summed E-state index contributed by atoms with van der Waals surface area (Å²) in [4.78, 5) is 23.0. The third-order valence-corrected chi connectivity index (χ3v) is 5.62. The monoisotopic (exact) mass is 464 g/mol. The number of rotatable bonds is 4. The van der Waals surface area contributed by atoms with Crippen LogP contribution in [0.15, 0.2) is 0 Å². The number of fused-ring (bicyclic) bond motifs is 1. The van der Waals surface area contributed by atoms with Crippen molar-refractivity contribution >= 4 is 11.9 Å². The molecule has 12 heteroatoms. The van der Waals surface area contributed by atoms with Crippen LogP contribution in [0.4, 0.5) is 26.3 Å². The zero-order chi connectivity index (χ0) is 24.0. The molecule has 0 spiro atoms. The number of carbonyl (C=O) groups is 2. The van der Waals surface area contributed by atoms with E-state index >= 15 is 0 Å². The zero-order valence-corrected chi connectivity index (χ0v) is 17.5. The molecule has 1 heterocycles. The molecule has 1 aliphatic heterocycles. The summed E-state index contributed by atoms with van der Waals surface area (Å²) in [5, 5.41) is 14.2. The van der Waals surface area contributed by atoms with Crippen LogP contribution in [0, 0.1) is 23.7 Å². The molecule has 3 rings (SSSR count). The van der Waals surface area contributed by atoms with E-state index in [1.165, 1.54) is 58.3 Å². The van der Waals surface area contributed by atoms with Gasteiger partial charge in [0, 0.05) is 26.2 Å². The second-order valence-electron chi connectivity index (χ2n) is 8.64. The predicted molar refractivity (Wildman–Crippen MR) is 99.4 cm³/mol. The summed E-state index contributed by atoms with van der Waals surface area (Å²) < 4.78 is 63.5. The Labute approximate surface area is 177 Å². The maximum absolute atomic E-state index is 10.6. The highest BCUT2D eigenvalue weighted by Gasteiger charge is 2.41. The number of aliphatic carboxylic acids is 2. The van der Waals surface area contributed by atoms with Gasteiger partial charge >= 0.3 is 24.3 Å². The molecule has 1 saturated heterocycles. The SMILES string of the molecule is CN(C)C[C@@H]1CCC[C@@H]2CN(CC3CC3)C[C@@H]21.O=C(O)C(F)(F)F.O=C(O)C(F)(F)F. The molecule has 0 unspecified atom stereocenters. The second-order valence-corrected chi connectivity index (χ2v) is 8.64. The van der Waals surface area contributed by atoms with Gasteiger partial charge in [-0.3, -0.25) is 0 Å². The number of alkyl halides is 6. The number of hydrogen-bond acceptors (Lipinski definition) is 4. The summed E-state index contributed by atoms with van der Waals surface area (Å²) in [7, 11) is 4.47. The number of halogens is 6. The standard InChI is InChI=1S/C15H28N2.2C2HF3O2/c1-16(2)9-13-4-3-5-14-10-17(11-15(13)14)8-12-6-7-12;2*3-2(4,5)1(6)7/h12-15H,3-11H2,1-2H3;2*(H,6,7)/t13-,14+,15+;;/m0../s1. The molecule has 0 aromatic heterocycles. The smallest absolute Gasteiger partial charge is 0.475 e. The molecule has 3 aliphatic rings. The van der Waals surface area contributed by atoms with Crippen LogP contribution in [0.5, 0.6) is 0 Å². The van der Waals surface area contributed by atoms with E-state index in [9.17, 15) is 26.3 Å². The van der Waals surface area contributed by atoms with E-state index in [4.69, 9.17) is 19.8 Å². The van der Waals surface area contributed by atoms with Gasteiger partial charge in [0.1, 0.15) is 0 Å². The molecule has 0 amide bonds. The van der Waals surface area contributed by atoms with Crippen molar-refractivity contribution in [2.75, 3.05) is 40.3 Å². The predicted octanol–water partition coefficient (Wildman–Crippen LogP) is 3.57. The minimum absolute atomic E-state index is 0.980. The van der Waals surface area contributed by atoms with Gasteiger partial charge in [0.25, 0.3) is 0 Å². The summed E-state index contributed by atoms with van der Waals surface area (Å²) >= 11 is 0. The fourth-order valence-corrected chi connectivity index (χ4v) is 4.19. The van der Waals surface area contributed by atoms with E-state index in [1.54, 1.807) is 0 Å². The van der Waals surface area contributed by atoms with Crippen LogP contribution < -0.4 is 0 Å². The summed E-state index contributed by atoms with van der Waals surface area (Å²) in [6, 6.07) is 0. The first-order valence-electron chi connectivity index (χ1n) is 10.1. The molecular weight excluding hydrogens is 434 g/mol. The van der Waals surface area contributed by atoms with E-state index < -0.39 is 24.3 Å². The van der Waals surface area contributed by atoms with Crippen LogP contribution in [-0.2, 0) is 9.59 Å². The Kier molecular flexibility index (Phi) is 10.1. The van der Waals surface area contributed by atoms with Crippen molar-refractivity contribution in [1.29, 1.82) is 0 Å². The van der Waals surface area contributed by atoms with Crippen LogP contribution in [0.1, 0.15) is 32.1 Å². The maximum atomic E-state index is 10.6. The highest BCUT2D eigenvalue weighted by molar-refractivity contribution is 5.73. The first kappa shape index (κ1) is 27.5. The second kappa shape index (κ2) is 11.3. The topological polar surface area (TPSA) is 81.1 Å². The van der Waals surface area contributed by atoms with Gasteiger partial charge in [-0.05, 0) is 63.5 Å². The molecule has 3 fully saturated rings. The summed E-state index contributed by atoms with van der Waals surface area (Å²) in [6.07, 6.45) is -2.68. The van der Waals surface area contributed by atoms with Crippen molar-refractivity contribution in [2.24, 2.45) is 23.7 Å². The summed E-state index contributed by atoms with van der Waals surface area (Å²) in [5.41, 5.74) is 0. The van der Waals surface area contributed by atoms with Crippen molar-refractivity contribution in [3.05, 3.63) is 0 Å².